The van der Waals surface area contributed by atoms with Crippen molar-refractivity contribution in [2.45, 2.75) is 44.6 Å². The molecule has 2 fully saturated rings. The van der Waals surface area contributed by atoms with Gasteiger partial charge in [0, 0.05) is 30.9 Å². The Morgan fingerprint density at radius 3 is 2.71 bits per heavy atom. The van der Waals surface area contributed by atoms with Crippen LogP contribution in [-0.4, -0.2) is 70.7 Å². The summed E-state index contributed by atoms with van der Waals surface area (Å²) in [5.74, 6) is -0.0212. The lowest BCUT2D eigenvalue weighted by molar-refractivity contribution is -0.139. The third-order valence-electron chi connectivity index (χ3n) is 5.38. The first kappa shape index (κ1) is 15.6. The number of amides is 2. The molecule has 7 nitrogen and oxygen atoms in total. The summed E-state index contributed by atoms with van der Waals surface area (Å²) >= 11 is 0. The number of ether oxygens (including phenoxy) is 1. The molecule has 7 heteroatoms. The van der Waals surface area contributed by atoms with Crippen molar-refractivity contribution in [3.05, 3.63) is 17.0 Å². The van der Waals surface area contributed by atoms with Gasteiger partial charge >= 0.3 is 0 Å². The van der Waals surface area contributed by atoms with E-state index in [-0.39, 0.29) is 17.9 Å². The number of nitrogens with zero attached hydrogens (tertiary/aromatic N) is 3. The average molecular weight is 332 g/mol. The zero-order valence-electron chi connectivity index (χ0n) is 13.9. The summed E-state index contributed by atoms with van der Waals surface area (Å²) in [4.78, 5) is 29.4. The quantitative estimate of drug-likeness (QED) is 0.867. The van der Waals surface area contributed by atoms with E-state index in [1.165, 1.54) is 0 Å². The molecule has 3 heterocycles. The number of morpholine rings is 1. The normalized spacial score (nSPS) is 24.1. The van der Waals surface area contributed by atoms with Gasteiger partial charge in [-0.3, -0.25) is 14.7 Å². The number of aryl methyl sites for hydroxylation is 1. The van der Waals surface area contributed by atoms with Crippen molar-refractivity contribution in [3.8, 4) is 0 Å². The zero-order chi connectivity index (χ0) is 16.5. The molecule has 2 aliphatic heterocycles. The highest BCUT2D eigenvalue weighted by molar-refractivity contribution is 5.97. The van der Waals surface area contributed by atoms with E-state index in [9.17, 15) is 9.59 Å². The highest BCUT2D eigenvalue weighted by Gasteiger charge is 2.39. The van der Waals surface area contributed by atoms with Crippen LogP contribution in [0.4, 0.5) is 0 Å². The number of hydrogen-bond acceptors (Lipinski definition) is 4. The minimum Gasteiger partial charge on any atom is -0.378 e. The zero-order valence-corrected chi connectivity index (χ0v) is 13.9. The fourth-order valence-corrected chi connectivity index (χ4v) is 4.05. The van der Waals surface area contributed by atoms with E-state index < -0.39 is 0 Å². The lowest BCUT2D eigenvalue weighted by Gasteiger charge is -2.32. The lowest BCUT2D eigenvalue weighted by atomic mass is 9.95. The minimum absolute atomic E-state index is 0.0635. The van der Waals surface area contributed by atoms with Gasteiger partial charge in [-0.05, 0) is 38.5 Å². The Bertz CT molecular complexity index is 636. The number of likely N-dealkylation sites (tertiary alicyclic amines) is 1. The highest BCUT2D eigenvalue weighted by Crippen LogP contribution is 2.27. The van der Waals surface area contributed by atoms with Gasteiger partial charge in [0.2, 0.25) is 5.91 Å². The molecule has 1 aromatic rings. The molecule has 3 aliphatic rings. The second-order valence-corrected chi connectivity index (χ2v) is 6.83. The summed E-state index contributed by atoms with van der Waals surface area (Å²) in [6, 6.07) is -0.341. The number of rotatable bonds is 2. The Balaban J connectivity index is 1.53. The third-order valence-corrected chi connectivity index (χ3v) is 5.38. The average Bonchev–Trinajstić information content (AvgIpc) is 3.28. The van der Waals surface area contributed by atoms with E-state index >= 15 is 0 Å². The van der Waals surface area contributed by atoms with Gasteiger partial charge in [-0.2, -0.15) is 5.10 Å². The van der Waals surface area contributed by atoms with Crippen molar-refractivity contribution in [3.63, 3.8) is 0 Å². The Kier molecular flexibility index (Phi) is 4.26. The van der Waals surface area contributed by atoms with Crippen LogP contribution in [0.3, 0.4) is 0 Å². The van der Waals surface area contributed by atoms with Crippen LogP contribution in [0.25, 0.3) is 0 Å². The predicted molar refractivity (Wildman–Crippen MR) is 86.7 cm³/mol. The molecule has 1 unspecified atom stereocenters. The van der Waals surface area contributed by atoms with Gasteiger partial charge in [0.15, 0.2) is 5.69 Å². The van der Waals surface area contributed by atoms with Gasteiger partial charge < -0.3 is 14.5 Å². The van der Waals surface area contributed by atoms with Crippen molar-refractivity contribution < 1.29 is 14.3 Å². The first-order valence-corrected chi connectivity index (χ1v) is 8.99. The van der Waals surface area contributed by atoms with Crippen molar-refractivity contribution in [2.75, 3.05) is 32.8 Å². The fraction of sp³-hybridized carbons (Fsp3) is 0.706. The molecule has 1 N–H and O–H groups in total. The minimum atomic E-state index is -0.341. The predicted octanol–water partition coefficient (Wildman–Crippen LogP) is 0.752. The molecule has 1 atom stereocenters. The van der Waals surface area contributed by atoms with Gasteiger partial charge in [0.05, 0.1) is 13.2 Å². The standard InChI is InChI=1S/C17H24N4O3/c22-16(20-8-10-24-11-9-20)14-6-3-7-21(14)17(23)15-12-4-1-2-5-13(12)18-19-15/h14H,1-11H2,(H,18,19). The summed E-state index contributed by atoms with van der Waals surface area (Å²) < 4.78 is 5.32. The number of hydrogen-bond donors (Lipinski definition) is 1. The maximum Gasteiger partial charge on any atom is 0.275 e. The van der Waals surface area contributed by atoms with Crippen LogP contribution in [0.2, 0.25) is 0 Å². The molecule has 0 radical (unpaired) electrons. The third kappa shape index (κ3) is 2.70. The molecule has 24 heavy (non-hydrogen) atoms. The molecule has 0 spiro atoms. The van der Waals surface area contributed by atoms with Crippen LogP contribution >= 0.6 is 0 Å². The summed E-state index contributed by atoms with van der Waals surface area (Å²) in [6.07, 6.45) is 5.73. The van der Waals surface area contributed by atoms with E-state index in [0.29, 0.717) is 38.5 Å². The molecule has 1 aliphatic carbocycles. The van der Waals surface area contributed by atoms with Crippen molar-refractivity contribution in [1.29, 1.82) is 0 Å². The van der Waals surface area contributed by atoms with Crippen LogP contribution < -0.4 is 0 Å². The SMILES string of the molecule is O=C(C1CCCN1C(=O)c1n[nH]c2c1CCCC2)N1CCOCC1. The lowest BCUT2D eigenvalue weighted by Crippen LogP contribution is -2.51. The van der Waals surface area contributed by atoms with Crippen molar-refractivity contribution in [1.82, 2.24) is 20.0 Å². The maximum atomic E-state index is 13.0. The number of carbonyl (C=O) groups excluding carboxylic acids is 2. The molecule has 0 aromatic carbocycles. The summed E-state index contributed by atoms with van der Waals surface area (Å²) in [5.41, 5.74) is 2.70. The number of fused-ring (bicyclic) bond motifs is 1. The fourth-order valence-electron chi connectivity index (χ4n) is 4.05. The Labute approximate surface area is 141 Å². The summed E-state index contributed by atoms with van der Waals surface area (Å²) in [5, 5.41) is 7.32. The van der Waals surface area contributed by atoms with Gasteiger partial charge in [-0.1, -0.05) is 0 Å². The molecule has 130 valence electrons. The molecule has 1 aromatic heterocycles. The van der Waals surface area contributed by atoms with E-state index in [1.54, 1.807) is 4.90 Å². The van der Waals surface area contributed by atoms with E-state index in [2.05, 4.69) is 10.2 Å². The van der Waals surface area contributed by atoms with Crippen LogP contribution in [0.5, 0.6) is 0 Å². The van der Waals surface area contributed by atoms with Crippen molar-refractivity contribution in [2.24, 2.45) is 0 Å². The van der Waals surface area contributed by atoms with Gasteiger partial charge in [0.25, 0.3) is 5.91 Å². The molecule has 4 rings (SSSR count). The summed E-state index contributed by atoms with van der Waals surface area (Å²) in [6.45, 7) is 3.05. The molecule has 0 saturated carbocycles. The van der Waals surface area contributed by atoms with Crippen LogP contribution in [0, 0.1) is 0 Å². The van der Waals surface area contributed by atoms with E-state index in [4.69, 9.17) is 4.74 Å². The highest BCUT2D eigenvalue weighted by atomic mass is 16.5. The Hall–Kier alpha value is -1.89. The second-order valence-electron chi connectivity index (χ2n) is 6.83. The molecular weight excluding hydrogens is 308 g/mol. The Morgan fingerprint density at radius 2 is 1.88 bits per heavy atom. The smallest absolute Gasteiger partial charge is 0.275 e. The Morgan fingerprint density at radius 1 is 1.08 bits per heavy atom. The van der Waals surface area contributed by atoms with E-state index in [0.717, 1.165) is 49.8 Å². The second kappa shape index (κ2) is 6.55. The number of nitrogens with one attached hydrogen (secondary N) is 1. The number of aromatic nitrogens is 2. The van der Waals surface area contributed by atoms with Gasteiger partial charge in [-0.15, -0.1) is 0 Å². The van der Waals surface area contributed by atoms with E-state index in [1.807, 2.05) is 4.90 Å². The first-order valence-electron chi connectivity index (χ1n) is 8.99. The maximum absolute atomic E-state index is 13.0. The molecular formula is C17H24N4O3. The number of carbonyl (C=O) groups is 2. The van der Waals surface area contributed by atoms with Crippen molar-refractivity contribution >= 4 is 11.8 Å². The monoisotopic (exact) mass is 332 g/mol. The first-order chi connectivity index (χ1) is 11.8. The number of aromatic amines is 1. The molecule has 0 bridgehead atoms. The van der Waals surface area contributed by atoms with Crippen LogP contribution in [0.1, 0.15) is 47.4 Å². The van der Waals surface area contributed by atoms with Gasteiger partial charge in [0.1, 0.15) is 6.04 Å². The largest absolute Gasteiger partial charge is 0.378 e. The molecule has 2 saturated heterocycles. The van der Waals surface area contributed by atoms with Crippen LogP contribution in [0.15, 0.2) is 0 Å². The van der Waals surface area contributed by atoms with Crippen LogP contribution in [-0.2, 0) is 22.4 Å². The van der Waals surface area contributed by atoms with Gasteiger partial charge in [-0.25, -0.2) is 0 Å². The topological polar surface area (TPSA) is 78.5 Å². The summed E-state index contributed by atoms with van der Waals surface area (Å²) in [7, 11) is 0. The molecule has 2 amide bonds. The number of H-pyrrole nitrogens is 1.